The van der Waals surface area contributed by atoms with E-state index in [9.17, 15) is 13.2 Å². The number of methoxy groups -OCH3 is 1. The largest absolute Gasteiger partial charge is 0.497 e. The second-order valence-corrected chi connectivity index (χ2v) is 8.46. The first-order valence-corrected chi connectivity index (χ1v) is 10.8. The molecule has 4 rings (SSSR count). The maximum Gasteiger partial charge on any atom is 0.434 e. The Morgan fingerprint density at radius 1 is 1.00 bits per heavy atom. The van der Waals surface area contributed by atoms with Crippen LogP contribution in [0.5, 0.6) is 11.6 Å². The summed E-state index contributed by atoms with van der Waals surface area (Å²) in [6, 6.07) is 10.9. The smallest absolute Gasteiger partial charge is 0.434 e. The Morgan fingerprint density at radius 2 is 1.77 bits per heavy atom. The lowest BCUT2D eigenvalue weighted by Gasteiger charge is -2.09. The maximum absolute atomic E-state index is 13.0. The van der Waals surface area contributed by atoms with E-state index in [1.54, 1.807) is 24.5 Å². The molecule has 0 amide bonds. The van der Waals surface area contributed by atoms with E-state index in [1.165, 1.54) is 0 Å². The van der Waals surface area contributed by atoms with E-state index in [-0.39, 0.29) is 23.3 Å². The van der Waals surface area contributed by atoms with Crippen LogP contribution in [0, 0.1) is 6.92 Å². The monoisotopic (exact) mass is 463 g/mol. The molecule has 0 aliphatic rings. The van der Waals surface area contributed by atoms with Crippen LogP contribution in [0.2, 0.25) is 0 Å². The fraction of sp³-hybridized carbons (Fsp3) is 0.190. The third kappa shape index (κ3) is 4.86. The molecule has 0 saturated carbocycles. The van der Waals surface area contributed by atoms with Crippen molar-refractivity contribution in [3.05, 3.63) is 63.3 Å². The number of halogens is 3. The summed E-state index contributed by atoms with van der Waals surface area (Å²) in [5.41, 5.74) is 1.37. The van der Waals surface area contributed by atoms with Gasteiger partial charge in [-0.2, -0.15) is 18.2 Å². The van der Waals surface area contributed by atoms with E-state index in [1.807, 2.05) is 42.6 Å². The van der Waals surface area contributed by atoms with Crippen molar-refractivity contribution in [3.8, 4) is 33.7 Å². The summed E-state index contributed by atoms with van der Waals surface area (Å²) in [7, 11) is 1.59. The second kappa shape index (κ2) is 8.64. The Hall–Kier alpha value is -2.98. The van der Waals surface area contributed by atoms with Gasteiger partial charge in [-0.25, -0.2) is 9.97 Å². The minimum Gasteiger partial charge on any atom is -0.497 e. The number of aryl methyl sites for hydroxylation is 1. The van der Waals surface area contributed by atoms with Crippen LogP contribution in [0.15, 0.2) is 47.2 Å². The Balaban J connectivity index is 1.68. The fourth-order valence-electron chi connectivity index (χ4n) is 2.77. The molecule has 5 nitrogen and oxygen atoms in total. The van der Waals surface area contributed by atoms with E-state index in [0.29, 0.717) is 5.69 Å². The minimum atomic E-state index is -4.52. The van der Waals surface area contributed by atoms with Crippen LogP contribution in [0.4, 0.5) is 13.2 Å². The van der Waals surface area contributed by atoms with Gasteiger partial charge in [0, 0.05) is 21.9 Å². The van der Waals surface area contributed by atoms with Gasteiger partial charge in [-0.3, -0.25) is 0 Å². The summed E-state index contributed by atoms with van der Waals surface area (Å²) in [6.45, 7) is 2.18. The molecule has 0 aliphatic heterocycles. The predicted octanol–water partition coefficient (Wildman–Crippen LogP) is 6.24. The van der Waals surface area contributed by atoms with E-state index < -0.39 is 11.9 Å². The normalized spacial score (nSPS) is 11.5. The average Bonchev–Trinajstić information content (AvgIpc) is 3.42. The molecule has 0 atom stereocenters. The molecule has 0 radical (unpaired) electrons. The molecule has 4 aromatic rings. The number of nitrogens with zero attached hydrogens (tertiary/aromatic N) is 3. The molecule has 0 saturated heterocycles. The van der Waals surface area contributed by atoms with Gasteiger partial charge in [0.1, 0.15) is 12.4 Å². The first-order valence-electron chi connectivity index (χ1n) is 9.06. The summed E-state index contributed by atoms with van der Waals surface area (Å²) < 4.78 is 49.9. The van der Waals surface area contributed by atoms with Crippen LogP contribution < -0.4 is 9.47 Å². The van der Waals surface area contributed by atoms with Crippen molar-refractivity contribution >= 4 is 22.7 Å². The zero-order valence-corrected chi connectivity index (χ0v) is 18.1. The van der Waals surface area contributed by atoms with Crippen LogP contribution in [0.25, 0.3) is 22.1 Å². The third-order valence-electron chi connectivity index (χ3n) is 4.37. The van der Waals surface area contributed by atoms with E-state index in [0.717, 1.165) is 38.5 Å². The zero-order valence-electron chi connectivity index (χ0n) is 16.4. The van der Waals surface area contributed by atoms with Gasteiger partial charge in [0.2, 0.25) is 5.88 Å². The van der Waals surface area contributed by atoms with Gasteiger partial charge in [-0.05, 0) is 36.1 Å². The molecule has 0 spiro atoms. The molecule has 3 heterocycles. The van der Waals surface area contributed by atoms with Crippen LogP contribution >= 0.6 is 22.7 Å². The van der Waals surface area contributed by atoms with E-state index >= 15 is 0 Å². The fourth-order valence-corrected chi connectivity index (χ4v) is 4.23. The number of benzene rings is 1. The van der Waals surface area contributed by atoms with E-state index in [2.05, 4.69) is 15.0 Å². The number of ether oxygens (including phenoxy) is 2. The number of rotatable bonds is 6. The highest BCUT2D eigenvalue weighted by Gasteiger charge is 2.34. The molecule has 0 bridgehead atoms. The van der Waals surface area contributed by atoms with Crippen LogP contribution in [0.3, 0.4) is 0 Å². The Labute approximate surface area is 184 Å². The highest BCUT2D eigenvalue weighted by atomic mass is 32.1. The molecule has 0 unspecified atom stereocenters. The lowest BCUT2D eigenvalue weighted by Crippen LogP contribution is -2.05. The molecular weight excluding hydrogens is 447 g/mol. The summed E-state index contributed by atoms with van der Waals surface area (Å²) in [6.07, 6.45) is -4.52. The molecule has 0 N–H and O–H groups in total. The summed E-state index contributed by atoms with van der Waals surface area (Å²) in [5.74, 6) is 1.08. The lowest BCUT2D eigenvalue weighted by atomic mass is 10.2. The zero-order chi connectivity index (χ0) is 22.0. The van der Waals surface area contributed by atoms with Gasteiger partial charge in [-0.1, -0.05) is 12.1 Å². The summed E-state index contributed by atoms with van der Waals surface area (Å²) in [5, 5.41) is 2.96. The Kier molecular flexibility index (Phi) is 5.92. The van der Waals surface area contributed by atoms with Crippen molar-refractivity contribution in [2.75, 3.05) is 7.11 Å². The number of alkyl halides is 3. The lowest BCUT2D eigenvalue weighted by molar-refractivity contribution is -0.140. The van der Waals surface area contributed by atoms with Crippen molar-refractivity contribution in [2.45, 2.75) is 19.7 Å². The standard InChI is InChI=1S/C21H16F3N3O2S2/c1-12-15(7-8-30-12)16-9-18(29-10-13-3-5-14(28-2)6-4-13)27-19(25-16)20-26-17(11-31-20)21(22,23)24/h3-9,11H,10H2,1-2H3. The second-order valence-electron chi connectivity index (χ2n) is 6.48. The number of hydrogen-bond acceptors (Lipinski definition) is 7. The summed E-state index contributed by atoms with van der Waals surface area (Å²) in [4.78, 5) is 13.5. The van der Waals surface area contributed by atoms with Crippen LogP contribution in [-0.2, 0) is 12.8 Å². The van der Waals surface area contributed by atoms with Gasteiger partial charge in [0.25, 0.3) is 0 Å². The molecule has 3 aromatic heterocycles. The molecule has 31 heavy (non-hydrogen) atoms. The SMILES string of the molecule is COc1ccc(COc2cc(-c3ccsc3C)nc(-c3nc(C(F)(F)F)cs3)n2)cc1. The highest BCUT2D eigenvalue weighted by molar-refractivity contribution is 7.13. The molecule has 1 aromatic carbocycles. The van der Waals surface area contributed by atoms with Gasteiger partial charge < -0.3 is 9.47 Å². The van der Waals surface area contributed by atoms with Gasteiger partial charge in [0.05, 0.1) is 12.8 Å². The number of thiazole rings is 1. The number of hydrogen-bond donors (Lipinski definition) is 0. The molecular formula is C21H16F3N3O2S2. The van der Waals surface area contributed by atoms with Gasteiger partial charge >= 0.3 is 6.18 Å². The first kappa shape index (κ1) is 21.3. The molecule has 10 heteroatoms. The Morgan fingerprint density at radius 3 is 2.39 bits per heavy atom. The van der Waals surface area contributed by atoms with Crippen molar-refractivity contribution in [2.24, 2.45) is 0 Å². The summed E-state index contributed by atoms with van der Waals surface area (Å²) >= 11 is 2.40. The molecule has 0 fully saturated rings. The predicted molar refractivity (Wildman–Crippen MR) is 114 cm³/mol. The highest BCUT2D eigenvalue weighted by Crippen LogP contribution is 2.35. The van der Waals surface area contributed by atoms with Crippen molar-refractivity contribution < 1.29 is 22.6 Å². The van der Waals surface area contributed by atoms with Crippen molar-refractivity contribution in [1.82, 2.24) is 15.0 Å². The van der Waals surface area contributed by atoms with Gasteiger partial charge in [-0.15, -0.1) is 22.7 Å². The number of aromatic nitrogens is 3. The van der Waals surface area contributed by atoms with Crippen LogP contribution in [0.1, 0.15) is 16.1 Å². The third-order valence-corrected chi connectivity index (χ3v) is 6.05. The topological polar surface area (TPSA) is 57.1 Å². The van der Waals surface area contributed by atoms with Crippen LogP contribution in [-0.4, -0.2) is 22.1 Å². The van der Waals surface area contributed by atoms with Gasteiger partial charge in [0.15, 0.2) is 16.5 Å². The van der Waals surface area contributed by atoms with E-state index in [4.69, 9.17) is 9.47 Å². The molecule has 0 aliphatic carbocycles. The first-order chi connectivity index (χ1) is 14.8. The van der Waals surface area contributed by atoms with Crippen molar-refractivity contribution in [1.29, 1.82) is 0 Å². The Bertz CT molecular complexity index is 1190. The average molecular weight is 464 g/mol. The maximum atomic E-state index is 13.0. The molecule has 160 valence electrons. The van der Waals surface area contributed by atoms with Crippen molar-refractivity contribution in [3.63, 3.8) is 0 Å². The minimum absolute atomic E-state index is 0.0800. The quantitative estimate of drug-likeness (QED) is 0.339. The number of thiophene rings is 1.